The van der Waals surface area contributed by atoms with Crippen molar-refractivity contribution in [3.05, 3.63) is 24.0 Å². The predicted molar refractivity (Wildman–Crippen MR) is 89.8 cm³/mol. The fraction of sp³-hybridized carbons (Fsp3) is 0.500. The summed E-state index contributed by atoms with van der Waals surface area (Å²) < 4.78 is 0. The molecule has 0 fully saturated rings. The Bertz CT molecular complexity index is 544. The number of amides is 2. The van der Waals surface area contributed by atoms with Crippen molar-refractivity contribution in [2.75, 3.05) is 19.6 Å². The summed E-state index contributed by atoms with van der Waals surface area (Å²) in [4.78, 5) is 37.0. The molecule has 0 bridgehead atoms. The van der Waals surface area contributed by atoms with E-state index in [1.807, 2.05) is 12.3 Å². The molecule has 0 saturated carbocycles. The third kappa shape index (κ3) is 5.31. The van der Waals surface area contributed by atoms with Gasteiger partial charge in [-0.2, -0.15) is 0 Å². The average Bonchev–Trinajstić information content (AvgIpc) is 3.02. The van der Waals surface area contributed by atoms with E-state index in [4.69, 9.17) is 0 Å². The molecule has 0 aromatic carbocycles. The maximum Gasteiger partial charge on any atom is 0.256 e. The highest BCUT2D eigenvalue weighted by Gasteiger charge is 2.25. The van der Waals surface area contributed by atoms with E-state index >= 15 is 0 Å². The van der Waals surface area contributed by atoms with Crippen LogP contribution in [0, 0.1) is 5.92 Å². The molecule has 2 amide bonds. The molecule has 2 unspecified atom stereocenters. The molecule has 3 N–H and O–H groups in total. The number of hydrogen-bond donors (Lipinski definition) is 3. The minimum absolute atomic E-state index is 0.0582. The number of rotatable bonds is 11. The first-order chi connectivity index (χ1) is 11.7. The van der Waals surface area contributed by atoms with Gasteiger partial charge in [-0.05, 0) is 18.9 Å². The summed E-state index contributed by atoms with van der Waals surface area (Å²) in [6.45, 7) is 0.904. The number of unbranched alkanes of at least 4 members (excludes halogenated alkanes) is 2. The summed E-state index contributed by atoms with van der Waals surface area (Å²) in [5, 5.41) is 7.24. The molecule has 8 nitrogen and oxygen atoms in total. The normalized spacial score (nSPS) is 20.8. The standard InChI is InChI=1S/C16H23N5O3/c22-7-3-1-2-6-21(16(24)11-18-12-23)19-10-14-8-13-9-17-5-4-15(13)20-14/h4-5,7-9,12-13,15,19-20H,1-3,6,10-11H2,(H,18,23). The number of nitrogens with zero attached hydrogens (tertiary/aromatic N) is 2. The number of fused-ring (bicyclic) bond motifs is 1. The van der Waals surface area contributed by atoms with Crippen molar-refractivity contribution < 1.29 is 14.4 Å². The summed E-state index contributed by atoms with van der Waals surface area (Å²) in [6.07, 6.45) is 11.0. The highest BCUT2D eigenvalue weighted by atomic mass is 16.2. The average molecular weight is 333 g/mol. The van der Waals surface area contributed by atoms with Crippen LogP contribution in [0.3, 0.4) is 0 Å². The second-order valence-corrected chi connectivity index (χ2v) is 5.62. The maximum atomic E-state index is 12.1. The third-order valence-electron chi connectivity index (χ3n) is 3.85. The van der Waals surface area contributed by atoms with E-state index in [9.17, 15) is 14.4 Å². The first-order valence-corrected chi connectivity index (χ1v) is 8.06. The van der Waals surface area contributed by atoms with Crippen LogP contribution in [0.25, 0.3) is 0 Å². The van der Waals surface area contributed by atoms with Crippen molar-refractivity contribution in [2.45, 2.75) is 25.3 Å². The molecule has 0 saturated heterocycles. The van der Waals surface area contributed by atoms with Gasteiger partial charge in [0.15, 0.2) is 0 Å². The number of carbonyl (C=O) groups excluding carboxylic acids is 3. The second kappa shape index (κ2) is 9.61. The Kier molecular flexibility index (Phi) is 7.16. The molecule has 2 aliphatic heterocycles. The summed E-state index contributed by atoms with van der Waals surface area (Å²) in [5.74, 6) is 0.0194. The SMILES string of the molecule is O=CCCCCN(NCC1=CC2C=NC=CC2N1)C(=O)CNC=O. The van der Waals surface area contributed by atoms with Crippen LogP contribution in [0.5, 0.6) is 0 Å². The van der Waals surface area contributed by atoms with Crippen LogP contribution in [-0.2, 0) is 14.4 Å². The van der Waals surface area contributed by atoms with Gasteiger partial charge in [0.1, 0.15) is 6.29 Å². The number of nitrogens with one attached hydrogen (secondary N) is 3. The van der Waals surface area contributed by atoms with Gasteiger partial charge in [0, 0.05) is 37.0 Å². The Hall–Kier alpha value is -2.48. The van der Waals surface area contributed by atoms with Crippen molar-refractivity contribution in [3.8, 4) is 0 Å². The zero-order valence-electron chi connectivity index (χ0n) is 13.5. The van der Waals surface area contributed by atoms with Crippen molar-refractivity contribution in [3.63, 3.8) is 0 Å². The minimum Gasteiger partial charge on any atom is -0.380 e. The van der Waals surface area contributed by atoms with Gasteiger partial charge in [0.2, 0.25) is 6.41 Å². The van der Waals surface area contributed by atoms with Crippen molar-refractivity contribution in [1.82, 2.24) is 21.1 Å². The van der Waals surface area contributed by atoms with E-state index < -0.39 is 0 Å². The second-order valence-electron chi connectivity index (χ2n) is 5.62. The minimum atomic E-state index is -0.217. The molecule has 0 radical (unpaired) electrons. The monoisotopic (exact) mass is 333 g/mol. The molecule has 2 aliphatic rings. The Morgan fingerprint density at radius 1 is 1.38 bits per heavy atom. The lowest BCUT2D eigenvalue weighted by Crippen LogP contribution is -2.48. The van der Waals surface area contributed by atoms with Crippen LogP contribution in [0.2, 0.25) is 0 Å². The summed E-state index contributed by atoms with van der Waals surface area (Å²) in [6, 6.07) is 0.216. The Labute approximate surface area is 141 Å². The van der Waals surface area contributed by atoms with Gasteiger partial charge in [0.05, 0.1) is 19.1 Å². The summed E-state index contributed by atoms with van der Waals surface area (Å²) in [5.41, 5.74) is 4.09. The van der Waals surface area contributed by atoms with Gasteiger partial charge >= 0.3 is 0 Å². The van der Waals surface area contributed by atoms with E-state index in [1.54, 1.807) is 6.20 Å². The molecule has 2 heterocycles. The molecule has 0 aromatic rings. The Morgan fingerprint density at radius 3 is 3.00 bits per heavy atom. The van der Waals surface area contributed by atoms with Crippen LogP contribution in [0.1, 0.15) is 19.3 Å². The maximum absolute atomic E-state index is 12.1. The van der Waals surface area contributed by atoms with E-state index in [0.717, 1.165) is 18.4 Å². The summed E-state index contributed by atoms with van der Waals surface area (Å²) >= 11 is 0. The summed E-state index contributed by atoms with van der Waals surface area (Å²) in [7, 11) is 0. The van der Waals surface area contributed by atoms with Gasteiger partial charge in [0.25, 0.3) is 5.91 Å². The first-order valence-electron chi connectivity index (χ1n) is 8.06. The van der Waals surface area contributed by atoms with Crippen molar-refractivity contribution in [2.24, 2.45) is 10.9 Å². The quantitative estimate of drug-likeness (QED) is 0.269. The van der Waals surface area contributed by atoms with E-state index in [2.05, 4.69) is 27.1 Å². The lowest BCUT2D eigenvalue weighted by molar-refractivity contribution is -0.134. The highest BCUT2D eigenvalue weighted by Crippen LogP contribution is 2.18. The van der Waals surface area contributed by atoms with E-state index in [1.165, 1.54) is 5.01 Å². The van der Waals surface area contributed by atoms with Crippen LogP contribution in [-0.4, -0.2) is 55.5 Å². The van der Waals surface area contributed by atoms with Gasteiger partial charge in [-0.1, -0.05) is 6.08 Å². The molecule has 0 aromatic heterocycles. The molecule has 8 heteroatoms. The molecule has 0 aliphatic carbocycles. The van der Waals surface area contributed by atoms with Crippen molar-refractivity contribution in [1.29, 1.82) is 0 Å². The number of aldehydes is 1. The molecular weight excluding hydrogens is 310 g/mol. The Morgan fingerprint density at radius 2 is 2.25 bits per heavy atom. The topological polar surface area (TPSA) is 103 Å². The fourth-order valence-corrected chi connectivity index (χ4v) is 2.60. The Balaban J connectivity index is 1.83. The number of hydrogen-bond acceptors (Lipinski definition) is 6. The lowest BCUT2D eigenvalue weighted by atomic mass is 10.0. The predicted octanol–water partition coefficient (Wildman–Crippen LogP) is -0.495. The number of aliphatic imine (C=N–C) groups is 1. The zero-order valence-corrected chi connectivity index (χ0v) is 13.5. The van der Waals surface area contributed by atoms with Crippen LogP contribution in [0.15, 0.2) is 29.0 Å². The first kappa shape index (κ1) is 17.9. The molecule has 0 spiro atoms. The fourth-order valence-electron chi connectivity index (χ4n) is 2.60. The molecule has 24 heavy (non-hydrogen) atoms. The largest absolute Gasteiger partial charge is 0.380 e. The molecule has 130 valence electrons. The van der Waals surface area contributed by atoms with Crippen molar-refractivity contribution >= 4 is 24.8 Å². The number of hydrazine groups is 1. The van der Waals surface area contributed by atoms with Gasteiger partial charge < -0.3 is 15.4 Å². The molecular formula is C16H23N5O3. The molecule has 2 atom stereocenters. The smallest absolute Gasteiger partial charge is 0.256 e. The molecule has 2 rings (SSSR count). The third-order valence-corrected chi connectivity index (χ3v) is 3.85. The van der Waals surface area contributed by atoms with Gasteiger partial charge in [-0.25, -0.2) is 5.43 Å². The zero-order chi connectivity index (χ0) is 17.2. The van der Waals surface area contributed by atoms with Crippen LogP contribution >= 0.6 is 0 Å². The lowest BCUT2D eigenvalue weighted by Gasteiger charge is -2.24. The van der Waals surface area contributed by atoms with Crippen LogP contribution in [0.4, 0.5) is 0 Å². The van der Waals surface area contributed by atoms with E-state index in [0.29, 0.717) is 32.3 Å². The highest BCUT2D eigenvalue weighted by molar-refractivity contribution is 5.79. The van der Waals surface area contributed by atoms with Gasteiger partial charge in [-0.3, -0.25) is 19.6 Å². The van der Waals surface area contributed by atoms with E-state index in [-0.39, 0.29) is 24.4 Å². The number of carbonyl (C=O) groups is 3. The van der Waals surface area contributed by atoms with Gasteiger partial charge in [-0.15, -0.1) is 0 Å². The van der Waals surface area contributed by atoms with Crippen LogP contribution < -0.4 is 16.1 Å².